The third kappa shape index (κ3) is 5.66. The predicted octanol–water partition coefficient (Wildman–Crippen LogP) is 1.26. The lowest BCUT2D eigenvalue weighted by Gasteiger charge is -2.31. The lowest BCUT2D eigenvalue weighted by atomic mass is 9.90. The predicted molar refractivity (Wildman–Crippen MR) is 89.9 cm³/mol. The van der Waals surface area contributed by atoms with Crippen LogP contribution in [0.15, 0.2) is 24.3 Å². The Labute approximate surface area is 143 Å². The fourth-order valence-corrected chi connectivity index (χ4v) is 2.34. The van der Waals surface area contributed by atoms with Crippen molar-refractivity contribution < 1.29 is 19.0 Å². The van der Waals surface area contributed by atoms with Gasteiger partial charge in [-0.05, 0) is 18.9 Å². The lowest BCUT2D eigenvalue weighted by molar-refractivity contribution is -0.129. The van der Waals surface area contributed by atoms with E-state index in [-0.39, 0.29) is 18.3 Å². The van der Waals surface area contributed by atoms with Crippen LogP contribution in [0.5, 0.6) is 5.75 Å². The van der Waals surface area contributed by atoms with Crippen molar-refractivity contribution >= 4 is 18.3 Å². The molecule has 7 heteroatoms. The minimum atomic E-state index is -0.829. The van der Waals surface area contributed by atoms with Crippen molar-refractivity contribution in [2.75, 3.05) is 33.5 Å². The van der Waals surface area contributed by atoms with Gasteiger partial charge in [-0.15, -0.1) is 12.4 Å². The highest BCUT2D eigenvalue weighted by Gasteiger charge is 2.35. The van der Waals surface area contributed by atoms with Crippen molar-refractivity contribution in [1.29, 1.82) is 0 Å². The molecule has 0 aromatic heterocycles. The van der Waals surface area contributed by atoms with E-state index in [0.717, 1.165) is 11.3 Å². The van der Waals surface area contributed by atoms with Crippen LogP contribution in [0.25, 0.3) is 0 Å². The van der Waals surface area contributed by atoms with Crippen LogP contribution in [0.3, 0.4) is 0 Å². The van der Waals surface area contributed by atoms with Gasteiger partial charge in [0.05, 0.1) is 12.1 Å². The molecule has 1 aromatic rings. The smallest absolute Gasteiger partial charge is 0.240 e. The molecule has 0 spiro atoms. The molecule has 2 rings (SSSR count). The number of methoxy groups -OCH3 is 1. The van der Waals surface area contributed by atoms with Crippen LogP contribution in [0, 0.1) is 0 Å². The molecule has 1 amide bonds. The summed E-state index contributed by atoms with van der Waals surface area (Å²) >= 11 is 0. The number of carbonyl (C=O) groups is 1. The van der Waals surface area contributed by atoms with Crippen molar-refractivity contribution in [2.45, 2.75) is 24.9 Å². The van der Waals surface area contributed by atoms with E-state index < -0.39 is 5.54 Å². The number of carbonyl (C=O) groups excluding carboxylic acids is 1. The minimum absolute atomic E-state index is 0. The molecule has 1 aliphatic rings. The molecule has 1 heterocycles. The second kappa shape index (κ2) is 9.72. The molecule has 1 aromatic carbocycles. The lowest BCUT2D eigenvalue weighted by Crippen LogP contribution is -2.56. The second-order valence-corrected chi connectivity index (χ2v) is 5.40. The molecule has 0 saturated carbocycles. The third-order valence-corrected chi connectivity index (χ3v) is 3.79. The van der Waals surface area contributed by atoms with Gasteiger partial charge in [0.25, 0.3) is 0 Å². The highest BCUT2D eigenvalue weighted by molar-refractivity contribution is 5.86. The molecule has 1 aliphatic heterocycles. The summed E-state index contributed by atoms with van der Waals surface area (Å²) in [5.74, 6) is 0.611. The minimum Gasteiger partial charge on any atom is -0.491 e. The van der Waals surface area contributed by atoms with Gasteiger partial charge in [-0.3, -0.25) is 4.79 Å². The summed E-state index contributed by atoms with van der Waals surface area (Å²) in [6, 6.07) is 7.62. The Bertz CT molecular complexity index is 493. The molecule has 6 nitrogen and oxygen atoms in total. The standard InChI is InChI=1S/C16H24N2O4.ClH/c1-20-10-11-22-14-5-3-2-4-13(14)12-18-15(19)16(17)6-8-21-9-7-16;/h2-5H,6-12,17H2,1H3,(H,18,19);1H. The van der Waals surface area contributed by atoms with Crippen LogP contribution >= 0.6 is 12.4 Å². The SMILES string of the molecule is COCCOc1ccccc1CNC(=O)C1(N)CCOCC1.Cl. The summed E-state index contributed by atoms with van der Waals surface area (Å²) in [5.41, 5.74) is 6.25. The van der Waals surface area contributed by atoms with Crippen molar-refractivity contribution in [3.8, 4) is 5.75 Å². The summed E-state index contributed by atoms with van der Waals surface area (Å²) < 4.78 is 15.9. The normalized spacial score (nSPS) is 16.3. The first-order chi connectivity index (χ1) is 10.7. The second-order valence-electron chi connectivity index (χ2n) is 5.40. The maximum atomic E-state index is 12.3. The van der Waals surface area contributed by atoms with E-state index in [0.29, 0.717) is 45.8 Å². The van der Waals surface area contributed by atoms with Crippen LogP contribution in [0.4, 0.5) is 0 Å². The first-order valence-electron chi connectivity index (χ1n) is 7.50. The Hall–Kier alpha value is -1.34. The van der Waals surface area contributed by atoms with Crippen molar-refractivity contribution in [2.24, 2.45) is 5.73 Å². The van der Waals surface area contributed by atoms with E-state index in [2.05, 4.69) is 5.32 Å². The number of rotatable bonds is 7. The van der Waals surface area contributed by atoms with Crippen molar-refractivity contribution in [3.05, 3.63) is 29.8 Å². The number of benzene rings is 1. The molecule has 0 aliphatic carbocycles. The summed E-state index contributed by atoms with van der Waals surface area (Å²) in [5, 5.41) is 2.91. The van der Waals surface area contributed by atoms with Crippen LogP contribution in [0.2, 0.25) is 0 Å². The van der Waals surface area contributed by atoms with E-state index in [1.807, 2.05) is 24.3 Å². The fourth-order valence-electron chi connectivity index (χ4n) is 2.34. The van der Waals surface area contributed by atoms with Crippen molar-refractivity contribution in [1.82, 2.24) is 5.32 Å². The van der Waals surface area contributed by atoms with Gasteiger partial charge >= 0.3 is 0 Å². The average molecular weight is 345 g/mol. The summed E-state index contributed by atoms with van der Waals surface area (Å²) in [6.45, 7) is 2.44. The molecular formula is C16H25ClN2O4. The number of hydrogen-bond acceptors (Lipinski definition) is 5. The Morgan fingerprint density at radius 1 is 1.30 bits per heavy atom. The van der Waals surface area contributed by atoms with Gasteiger partial charge < -0.3 is 25.3 Å². The number of hydrogen-bond donors (Lipinski definition) is 2. The largest absolute Gasteiger partial charge is 0.491 e. The molecule has 23 heavy (non-hydrogen) atoms. The van der Waals surface area contributed by atoms with E-state index in [1.165, 1.54) is 0 Å². The van der Waals surface area contributed by atoms with Crippen LogP contribution in [-0.4, -0.2) is 45.0 Å². The molecule has 0 radical (unpaired) electrons. The summed E-state index contributed by atoms with van der Waals surface area (Å²) in [4.78, 5) is 12.3. The van der Waals surface area contributed by atoms with Crippen molar-refractivity contribution in [3.63, 3.8) is 0 Å². The molecule has 3 N–H and O–H groups in total. The van der Waals surface area contributed by atoms with Crippen LogP contribution in [0.1, 0.15) is 18.4 Å². The van der Waals surface area contributed by atoms with Crippen LogP contribution < -0.4 is 15.8 Å². The monoisotopic (exact) mass is 344 g/mol. The average Bonchev–Trinajstić information content (AvgIpc) is 2.54. The topological polar surface area (TPSA) is 82.8 Å². The van der Waals surface area contributed by atoms with Gasteiger partial charge in [-0.2, -0.15) is 0 Å². The number of nitrogens with two attached hydrogens (primary N) is 1. The first kappa shape index (κ1) is 19.7. The van der Waals surface area contributed by atoms with Crippen LogP contribution in [-0.2, 0) is 20.8 Å². The highest BCUT2D eigenvalue weighted by atomic mass is 35.5. The molecule has 1 saturated heterocycles. The zero-order valence-electron chi connectivity index (χ0n) is 13.4. The zero-order chi connectivity index (χ0) is 15.8. The van der Waals surface area contributed by atoms with Gasteiger partial charge in [0.2, 0.25) is 5.91 Å². The van der Waals surface area contributed by atoms with E-state index in [9.17, 15) is 4.79 Å². The molecule has 0 unspecified atom stereocenters. The van der Waals surface area contributed by atoms with E-state index in [1.54, 1.807) is 7.11 Å². The molecule has 1 fully saturated rings. The molecule has 130 valence electrons. The first-order valence-corrected chi connectivity index (χ1v) is 7.50. The Kier molecular flexibility index (Phi) is 8.33. The van der Waals surface area contributed by atoms with Gasteiger partial charge in [0.1, 0.15) is 12.4 Å². The fraction of sp³-hybridized carbons (Fsp3) is 0.562. The highest BCUT2D eigenvalue weighted by Crippen LogP contribution is 2.20. The number of para-hydroxylation sites is 1. The third-order valence-electron chi connectivity index (χ3n) is 3.79. The molecule has 0 atom stereocenters. The number of halogens is 1. The number of amides is 1. The number of ether oxygens (including phenoxy) is 3. The van der Waals surface area contributed by atoms with Gasteiger partial charge in [0.15, 0.2) is 0 Å². The Morgan fingerprint density at radius 3 is 2.70 bits per heavy atom. The Morgan fingerprint density at radius 2 is 2.00 bits per heavy atom. The molecular weight excluding hydrogens is 320 g/mol. The number of nitrogens with one attached hydrogen (secondary N) is 1. The Balaban J connectivity index is 0.00000264. The molecule has 0 bridgehead atoms. The van der Waals surface area contributed by atoms with E-state index in [4.69, 9.17) is 19.9 Å². The summed E-state index contributed by atoms with van der Waals surface area (Å²) in [7, 11) is 1.63. The quantitative estimate of drug-likeness (QED) is 0.728. The zero-order valence-corrected chi connectivity index (χ0v) is 14.2. The van der Waals surface area contributed by atoms with Gasteiger partial charge in [-0.1, -0.05) is 18.2 Å². The maximum absolute atomic E-state index is 12.3. The maximum Gasteiger partial charge on any atom is 0.240 e. The summed E-state index contributed by atoms with van der Waals surface area (Å²) in [6.07, 6.45) is 1.09. The van der Waals surface area contributed by atoms with Gasteiger partial charge in [0, 0.05) is 32.4 Å². The van der Waals surface area contributed by atoms with E-state index >= 15 is 0 Å². The van der Waals surface area contributed by atoms with Gasteiger partial charge in [-0.25, -0.2) is 0 Å².